The summed E-state index contributed by atoms with van der Waals surface area (Å²) in [5, 5.41) is -0.131. The molecule has 0 fully saturated rings. The van der Waals surface area contributed by atoms with E-state index in [0.29, 0.717) is 5.69 Å². The second-order valence-corrected chi connectivity index (χ2v) is 3.09. The lowest BCUT2D eigenvalue weighted by Gasteiger charge is -2.10. The topological polar surface area (TPSA) is 22.1 Å². The molecular formula is C8H7Cl2F2NO. The minimum Gasteiger partial charge on any atom is -0.493 e. The second-order valence-electron chi connectivity index (χ2n) is 2.44. The average molecular weight is 242 g/mol. The number of methoxy groups -OCH3 is 1. The van der Waals surface area contributed by atoms with Crippen molar-refractivity contribution in [2.45, 2.75) is 12.3 Å². The van der Waals surface area contributed by atoms with Gasteiger partial charge in [0, 0.05) is 6.20 Å². The quantitative estimate of drug-likeness (QED) is 0.757. The zero-order valence-corrected chi connectivity index (χ0v) is 8.74. The summed E-state index contributed by atoms with van der Waals surface area (Å²) >= 11 is 11.2. The lowest BCUT2D eigenvalue weighted by Crippen LogP contribution is -1.98. The number of rotatable bonds is 3. The van der Waals surface area contributed by atoms with Crippen molar-refractivity contribution in [3.05, 3.63) is 22.5 Å². The molecule has 0 aliphatic heterocycles. The molecular weight excluding hydrogens is 235 g/mol. The highest BCUT2D eigenvalue weighted by atomic mass is 35.5. The smallest absolute Gasteiger partial charge is 0.266 e. The van der Waals surface area contributed by atoms with Gasteiger partial charge in [-0.15, -0.1) is 11.6 Å². The van der Waals surface area contributed by atoms with E-state index in [1.165, 1.54) is 7.11 Å². The molecule has 14 heavy (non-hydrogen) atoms. The van der Waals surface area contributed by atoms with Crippen molar-refractivity contribution in [1.29, 1.82) is 0 Å². The molecule has 1 aromatic rings. The van der Waals surface area contributed by atoms with Gasteiger partial charge in [-0.1, -0.05) is 11.6 Å². The first kappa shape index (κ1) is 11.5. The van der Waals surface area contributed by atoms with Crippen LogP contribution in [-0.2, 0) is 5.88 Å². The van der Waals surface area contributed by atoms with Gasteiger partial charge in [0.1, 0.15) is 0 Å². The van der Waals surface area contributed by atoms with Crippen LogP contribution in [-0.4, -0.2) is 12.1 Å². The van der Waals surface area contributed by atoms with Crippen molar-refractivity contribution in [3.8, 4) is 5.75 Å². The number of halogens is 4. The Bertz CT molecular complexity index is 333. The maximum Gasteiger partial charge on any atom is 0.266 e. The average Bonchev–Trinajstić information content (AvgIpc) is 2.16. The first-order chi connectivity index (χ1) is 6.61. The Morgan fingerprint density at radius 3 is 2.64 bits per heavy atom. The predicted octanol–water partition coefficient (Wildman–Crippen LogP) is 3.42. The molecule has 0 saturated carbocycles. The van der Waals surface area contributed by atoms with E-state index in [4.69, 9.17) is 27.9 Å². The molecule has 0 radical (unpaired) electrons. The molecule has 0 aromatic carbocycles. The lowest BCUT2D eigenvalue weighted by molar-refractivity contribution is 0.150. The van der Waals surface area contributed by atoms with Crippen molar-refractivity contribution in [1.82, 2.24) is 4.98 Å². The molecule has 0 aliphatic rings. The molecule has 2 nitrogen and oxygen atoms in total. The number of hydrogen-bond donors (Lipinski definition) is 0. The summed E-state index contributed by atoms with van der Waals surface area (Å²) in [6.07, 6.45) is -1.67. The Morgan fingerprint density at radius 2 is 2.21 bits per heavy atom. The fourth-order valence-corrected chi connectivity index (χ4v) is 1.48. The highest BCUT2D eigenvalue weighted by Crippen LogP contribution is 2.35. The molecule has 1 aromatic heterocycles. The normalized spacial score (nSPS) is 10.7. The fourth-order valence-electron chi connectivity index (χ4n) is 0.975. The largest absolute Gasteiger partial charge is 0.493 e. The van der Waals surface area contributed by atoms with Crippen LogP contribution >= 0.6 is 23.2 Å². The SMILES string of the molecule is COc1c(CCl)ncc(C(F)F)c1Cl. The second kappa shape index (κ2) is 4.75. The van der Waals surface area contributed by atoms with Crippen molar-refractivity contribution < 1.29 is 13.5 Å². The van der Waals surface area contributed by atoms with Crippen molar-refractivity contribution in [2.75, 3.05) is 7.11 Å². The first-order valence-corrected chi connectivity index (χ1v) is 4.58. The molecule has 0 N–H and O–H groups in total. The van der Waals surface area contributed by atoms with Crippen molar-refractivity contribution >= 4 is 23.2 Å². The summed E-state index contributed by atoms with van der Waals surface area (Å²) in [5.74, 6) is 0.173. The Morgan fingerprint density at radius 1 is 1.57 bits per heavy atom. The summed E-state index contributed by atoms with van der Waals surface area (Å²) in [7, 11) is 1.33. The van der Waals surface area contributed by atoms with Crippen LogP contribution in [0.25, 0.3) is 0 Å². The van der Waals surface area contributed by atoms with Gasteiger partial charge in [-0.25, -0.2) is 8.78 Å². The minimum atomic E-state index is -2.67. The zero-order valence-electron chi connectivity index (χ0n) is 7.23. The van der Waals surface area contributed by atoms with Crippen LogP contribution in [0.2, 0.25) is 5.02 Å². The summed E-state index contributed by atoms with van der Waals surface area (Å²) in [6.45, 7) is 0. The van der Waals surface area contributed by atoms with E-state index in [2.05, 4.69) is 4.98 Å². The van der Waals surface area contributed by atoms with Crippen LogP contribution in [0, 0.1) is 0 Å². The number of nitrogens with zero attached hydrogens (tertiary/aromatic N) is 1. The number of alkyl halides is 3. The van der Waals surface area contributed by atoms with Gasteiger partial charge >= 0.3 is 0 Å². The highest BCUT2D eigenvalue weighted by molar-refractivity contribution is 6.33. The number of aromatic nitrogens is 1. The van der Waals surface area contributed by atoms with Crippen LogP contribution < -0.4 is 4.74 Å². The number of ether oxygens (including phenoxy) is 1. The standard InChI is InChI=1S/C8H7Cl2F2NO/c1-14-7-5(2-9)13-3-4(6(7)10)8(11)12/h3,8H,2H2,1H3. The molecule has 0 unspecified atom stereocenters. The third-order valence-corrected chi connectivity index (χ3v) is 2.28. The van der Waals surface area contributed by atoms with Gasteiger partial charge in [-0.2, -0.15) is 0 Å². The number of pyridine rings is 1. The maximum atomic E-state index is 12.4. The maximum absolute atomic E-state index is 12.4. The van der Waals surface area contributed by atoms with Crippen LogP contribution in [0.3, 0.4) is 0 Å². The molecule has 0 aliphatic carbocycles. The van der Waals surface area contributed by atoms with Gasteiger partial charge < -0.3 is 4.74 Å². The third-order valence-electron chi connectivity index (χ3n) is 1.64. The van der Waals surface area contributed by atoms with Crippen LogP contribution in [0.5, 0.6) is 5.75 Å². The molecule has 0 amide bonds. The van der Waals surface area contributed by atoms with Gasteiger partial charge in [0.05, 0.1) is 29.3 Å². The molecule has 0 saturated heterocycles. The Labute approximate surface area is 89.8 Å². The van der Waals surface area contributed by atoms with Crippen LogP contribution in [0.15, 0.2) is 6.20 Å². The number of hydrogen-bond acceptors (Lipinski definition) is 2. The van der Waals surface area contributed by atoms with E-state index in [1.54, 1.807) is 0 Å². The van der Waals surface area contributed by atoms with Gasteiger partial charge in [0.15, 0.2) is 5.75 Å². The molecule has 0 bridgehead atoms. The van der Waals surface area contributed by atoms with E-state index < -0.39 is 6.43 Å². The predicted molar refractivity (Wildman–Crippen MR) is 50.3 cm³/mol. The van der Waals surface area contributed by atoms with Crippen LogP contribution in [0.1, 0.15) is 17.7 Å². The van der Waals surface area contributed by atoms with E-state index in [9.17, 15) is 8.78 Å². The van der Waals surface area contributed by atoms with Crippen LogP contribution in [0.4, 0.5) is 8.78 Å². The third kappa shape index (κ3) is 2.07. The van der Waals surface area contributed by atoms with Gasteiger partial charge in [0.25, 0.3) is 6.43 Å². The Hall–Kier alpha value is -0.610. The molecule has 6 heteroatoms. The summed E-state index contributed by atoms with van der Waals surface area (Å²) in [6, 6.07) is 0. The minimum absolute atomic E-state index is 0.0619. The first-order valence-electron chi connectivity index (χ1n) is 3.67. The molecule has 78 valence electrons. The van der Waals surface area contributed by atoms with Gasteiger partial charge in [-0.05, 0) is 0 Å². The van der Waals surface area contributed by atoms with Gasteiger partial charge in [-0.3, -0.25) is 4.98 Å². The molecule has 1 heterocycles. The Balaban J connectivity index is 3.27. The van der Waals surface area contributed by atoms with E-state index in [-0.39, 0.29) is 22.2 Å². The molecule has 0 atom stereocenters. The fraction of sp³-hybridized carbons (Fsp3) is 0.375. The van der Waals surface area contributed by atoms with Crippen molar-refractivity contribution in [3.63, 3.8) is 0 Å². The lowest BCUT2D eigenvalue weighted by atomic mass is 10.2. The summed E-state index contributed by atoms with van der Waals surface area (Å²) in [4.78, 5) is 3.73. The monoisotopic (exact) mass is 241 g/mol. The Kier molecular flexibility index (Phi) is 3.89. The van der Waals surface area contributed by atoms with E-state index in [0.717, 1.165) is 6.20 Å². The van der Waals surface area contributed by atoms with E-state index in [1.807, 2.05) is 0 Å². The summed E-state index contributed by atoms with van der Waals surface area (Å²) in [5.41, 5.74) is 0.000880. The van der Waals surface area contributed by atoms with E-state index >= 15 is 0 Å². The highest BCUT2D eigenvalue weighted by Gasteiger charge is 2.19. The molecule has 0 spiro atoms. The summed E-state index contributed by atoms with van der Waals surface area (Å²) < 4.78 is 29.6. The van der Waals surface area contributed by atoms with Gasteiger partial charge in [0.2, 0.25) is 0 Å². The molecule has 1 rings (SSSR count). The van der Waals surface area contributed by atoms with Crippen molar-refractivity contribution in [2.24, 2.45) is 0 Å². The zero-order chi connectivity index (χ0) is 10.7.